The number of piperazine rings is 1. The summed E-state index contributed by atoms with van der Waals surface area (Å²) in [6, 6.07) is 13.1. The van der Waals surface area contributed by atoms with Crippen molar-refractivity contribution in [2.24, 2.45) is 0 Å². The van der Waals surface area contributed by atoms with Crippen molar-refractivity contribution >= 4 is 23.2 Å². The number of anilines is 2. The molecule has 1 heterocycles. The van der Waals surface area contributed by atoms with Gasteiger partial charge >= 0.3 is 0 Å². The summed E-state index contributed by atoms with van der Waals surface area (Å²) in [6.45, 7) is 4.07. The summed E-state index contributed by atoms with van der Waals surface area (Å²) in [5, 5.41) is 2.80. The molecule has 1 aliphatic heterocycles. The van der Waals surface area contributed by atoms with E-state index in [1.165, 1.54) is 6.92 Å². The summed E-state index contributed by atoms with van der Waals surface area (Å²) >= 11 is 0. The summed E-state index contributed by atoms with van der Waals surface area (Å²) in [4.78, 5) is 28.4. The van der Waals surface area contributed by atoms with Gasteiger partial charge in [-0.25, -0.2) is 0 Å². The molecule has 2 amide bonds. The van der Waals surface area contributed by atoms with E-state index in [-0.39, 0.29) is 11.8 Å². The Balaban J connectivity index is 1.71. The van der Waals surface area contributed by atoms with Gasteiger partial charge in [0.25, 0.3) is 5.91 Å². The number of rotatable bonds is 5. The van der Waals surface area contributed by atoms with E-state index in [0.29, 0.717) is 43.2 Å². The highest BCUT2D eigenvalue weighted by molar-refractivity contribution is 6.00. The maximum Gasteiger partial charge on any atom is 0.261 e. The Bertz CT molecular complexity index is 838. The van der Waals surface area contributed by atoms with Crippen molar-refractivity contribution in [3.8, 4) is 11.5 Å². The van der Waals surface area contributed by atoms with Crippen molar-refractivity contribution in [2.75, 3.05) is 50.6 Å². The van der Waals surface area contributed by atoms with Gasteiger partial charge in [-0.05, 0) is 30.3 Å². The second-order valence-electron chi connectivity index (χ2n) is 6.55. The van der Waals surface area contributed by atoms with E-state index in [4.69, 9.17) is 9.47 Å². The maximum atomic E-state index is 13.1. The molecule has 0 bridgehead atoms. The zero-order valence-corrected chi connectivity index (χ0v) is 16.4. The van der Waals surface area contributed by atoms with Gasteiger partial charge in [0.1, 0.15) is 17.1 Å². The minimum Gasteiger partial charge on any atom is -0.496 e. The number of hydrogen-bond acceptors (Lipinski definition) is 5. The minimum absolute atomic E-state index is 0.0963. The molecule has 0 aromatic heterocycles. The van der Waals surface area contributed by atoms with E-state index in [1.807, 2.05) is 29.2 Å². The molecular formula is C21H25N3O4. The fourth-order valence-corrected chi connectivity index (χ4v) is 3.37. The predicted octanol–water partition coefficient (Wildman–Crippen LogP) is 2.62. The number of nitrogens with one attached hydrogen (secondary N) is 1. The van der Waals surface area contributed by atoms with Crippen LogP contribution in [0.5, 0.6) is 11.5 Å². The van der Waals surface area contributed by atoms with Gasteiger partial charge in [0, 0.05) is 44.5 Å². The molecule has 148 valence electrons. The van der Waals surface area contributed by atoms with E-state index in [0.717, 1.165) is 11.4 Å². The summed E-state index contributed by atoms with van der Waals surface area (Å²) in [5.74, 6) is 0.823. The van der Waals surface area contributed by atoms with Crippen LogP contribution in [0.4, 0.5) is 11.4 Å². The Hall–Kier alpha value is -3.22. The number of amides is 2. The van der Waals surface area contributed by atoms with E-state index in [1.54, 1.807) is 32.4 Å². The van der Waals surface area contributed by atoms with Gasteiger partial charge in [0.2, 0.25) is 5.91 Å². The summed E-state index contributed by atoms with van der Waals surface area (Å²) in [5.41, 5.74) is 2.24. The van der Waals surface area contributed by atoms with Crippen molar-refractivity contribution in [2.45, 2.75) is 6.92 Å². The molecule has 0 unspecified atom stereocenters. The van der Waals surface area contributed by atoms with E-state index >= 15 is 0 Å². The summed E-state index contributed by atoms with van der Waals surface area (Å²) in [7, 11) is 3.09. The number of nitrogens with zero attached hydrogens (tertiary/aromatic N) is 2. The van der Waals surface area contributed by atoms with E-state index in [9.17, 15) is 9.59 Å². The first-order valence-corrected chi connectivity index (χ1v) is 9.16. The average molecular weight is 383 g/mol. The van der Waals surface area contributed by atoms with Crippen LogP contribution < -0.4 is 19.7 Å². The molecule has 1 saturated heterocycles. The lowest BCUT2D eigenvalue weighted by atomic mass is 10.1. The number of methoxy groups -OCH3 is 2. The molecule has 0 spiro atoms. The zero-order valence-electron chi connectivity index (χ0n) is 16.4. The first-order chi connectivity index (χ1) is 13.5. The van der Waals surface area contributed by atoms with Crippen LogP contribution in [0.2, 0.25) is 0 Å². The van der Waals surface area contributed by atoms with Crippen LogP contribution in [0.25, 0.3) is 0 Å². The Labute approximate surface area is 164 Å². The standard InChI is InChI=1S/C21H25N3O4/c1-15(25)22-16-6-4-7-17(14-16)23-10-12-24(13-11-23)21(26)20-18(27-2)8-5-9-19(20)28-3/h4-9,14H,10-13H2,1-3H3,(H,22,25). The molecule has 0 saturated carbocycles. The molecule has 2 aromatic rings. The highest BCUT2D eigenvalue weighted by Gasteiger charge is 2.27. The molecule has 1 N–H and O–H groups in total. The molecule has 1 fully saturated rings. The smallest absolute Gasteiger partial charge is 0.261 e. The van der Waals surface area contributed by atoms with Crippen LogP contribution in [0.15, 0.2) is 42.5 Å². The molecular weight excluding hydrogens is 358 g/mol. The van der Waals surface area contributed by atoms with Crippen LogP contribution in [-0.4, -0.2) is 57.1 Å². The van der Waals surface area contributed by atoms with Crippen LogP contribution >= 0.6 is 0 Å². The number of hydrogen-bond donors (Lipinski definition) is 1. The SMILES string of the molecule is COc1cccc(OC)c1C(=O)N1CCN(c2cccc(NC(C)=O)c2)CC1. The lowest BCUT2D eigenvalue weighted by Crippen LogP contribution is -2.49. The van der Waals surface area contributed by atoms with Crippen molar-refractivity contribution in [1.29, 1.82) is 0 Å². The van der Waals surface area contributed by atoms with Gasteiger partial charge in [-0.1, -0.05) is 12.1 Å². The molecule has 0 radical (unpaired) electrons. The Morgan fingerprint density at radius 3 is 2.11 bits per heavy atom. The van der Waals surface area contributed by atoms with Crippen LogP contribution in [0.1, 0.15) is 17.3 Å². The largest absolute Gasteiger partial charge is 0.496 e. The second kappa shape index (κ2) is 8.65. The molecule has 1 aliphatic rings. The van der Waals surface area contributed by atoms with Crippen LogP contribution in [0, 0.1) is 0 Å². The maximum absolute atomic E-state index is 13.1. The molecule has 0 aliphatic carbocycles. The highest BCUT2D eigenvalue weighted by atomic mass is 16.5. The first-order valence-electron chi connectivity index (χ1n) is 9.16. The molecule has 2 aromatic carbocycles. The molecule has 0 atom stereocenters. The second-order valence-corrected chi connectivity index (χ2v) is 6.55. The zero-order chi connectivity index (χ0) is 20.1. The van der Waals surface area contributed by atoms with Gasteiger partial charge in [-0.3, -0.25) is 9.59 Å². The van der Waals surface area contributed by atoms with Crippen LogP contribution in [0.3, 0.4) is 0 Å². The predicted molar refractivity (Wildman–Crippen MR) is 108 cm³/mol. The van der Waals surface area contributed by atoms with E-state index < -0.39 is 0 Å². The Kier molecular flexibility index (Phi) is 6.03. The summed E-state index contributed by atoms with van der Waals surface area (Å²) < 4.78 is 10.7. The van der Waals surface area contributed by atoms with Crippen molar-refractivity contribution in [1.82, 2.24) is 4.90 Å². The minimum atomic E-state index is -0.0988. The topological polar surface area (TPSA) is 71.1 Å². The molecule has 3 rings (SSSR count). The lowest BCUT2D eigenvalue weighted by Gasteiger charge is -2.36. The van der Waals surface area contributed by atoms with Crippen molar-refractivity contribution in [3.05, 3.63) is 48.0 Å². The number of carbonyl (C=O) groups excluding carboxylic acids is 2. The third-order valence-corrected chi connectivity index (χ3v) is 4.74. The first kappa shape index (κ1) is 19.5. The number of ether oxygens (including phenoxy) is 2. The Morgan fingerprint density at radius 1 is 0.929 bits per heavy atom. The lowest BCUT2D eigenvalue weighted by molar-refractivity contribution is -0.114. The quantitative estimate of drug-likeness (QED) is 0.859. The number of benzene rings is 2. The third kappa shape index (κ3) is 4.19. The van der Waals surface area contributed by atoms with Gasteiger partial charge < -0.3 is 24.6 Å². The van der Waals surface area contributed by atoms with Crippen LogP contribution in [-0.2, 0) is 4.79 Å². The highest BCUT2D eigenvalue weighted by Crippen LogP contribution is 2.30. The molecule has 7 heteroatoms. The molecule has 28 heavy (non-hydrogen) atoms. The normalized spacial score (nSPS) is 13.8. The molecule has 7 nitrogen and oxygen atoms in total. The fraction of sp³-hybridized carbons (Fsp3) is 0.333. The average Bonchev–Trinajstić information content (AvgIpc) is 2.72. The monoisotopic (exact) mass is 383 g/mol. The van der Waals surface area contributed by atoms with Crippen molar-refractivity contribution in [3.63, 3.8) is 0 Å². The van der Waals surface area contributed by atoms with Gasteiger partial charge in [-0.2, -0.15) is 0 Å². The summed E-state index contributed by atoms with van der Waals surface area (Å²) in [6.07, 6.45) is 0. The van der Waals surface area contributed by atoms with Gasteiger partial charge in [0.05, 0.1) is 14.2 Å². The Morgan fingerprint density at radius 2 is 1.54 bits per heavy atom. The number of carbonyl (C=O) groups is 2. The van der Waals surface area contributed by atoms with Crippen molar-refractivity contribution < 1.29 is 19.1 Å². The van der Waals surface area contributed by atoms with E-state index in [2.05, 4.69) is 10.2 Å². The van der Waals surface area contributed by atoms with Gasteiger partial charge in [0.15, 0.2) is 0 Å². The third-order valence-electron chi connectivity index (χ3n) is 4.74. The fourth-order valence-electron chi connectivity index (χ4n) is 3.37. The van der Waals surface area contributed by atoms with Gasteiger partial charge in [-0.15, -0.1) is 0 Å².